The van der Waals surface area contributed by atoms with Crippen molar-refractivity contribution in [2.45, 2.75) is 111 Å². The van der Waals surface area contributed by atoms with E-state index in [1.165, 1.54) is 83.3 Å². The molecule has 2 nitrogen and oxygen atoms in total. The van der Waals surface area contributed by atoms with E-state index >= 15 is 0 Å². The smallest absolute Gasteiger partial charge is 0.408 e. The molecule has 4 aliphatic carbocycles. The largest absolute Gasteiger partial charge is 0.423 e. The Labute approximate surface area is 195 Å². The van der Waals surface area contributed by atoms with Crippen molar-refractivity contribution in [2.75, 3.05) is 0 Å². The van der Waals surface area contributed by atoms with Crippen LogP contribution in [0.1, 0.15) is 111 Å². The molecule has 0 saturated heterocycles. The van der Waals surface area contributed by atoms with Gasteiger partial charge in [0.15, 0.2) is 0 Å². The molecule has 0 radical (unpaired) electrons. The summed E-state index contributed by atoms with van der Waals surface area (Å²) in [5.41, 5.74) is 1.58. The van der Waals surface area contributed by atoms with E-state index in [-0.39, 0.29) is 0 Å². The maximum atomic E-state index is 10.8. The molecule has 0 aromatic carbocycles. The molecular weight excluding hydrogens is 404 g/mol. The predicted octanol–water partition coefficient (Wildman–Crippen LogP) is 9.12. The van der Waals surface area contributed by atoms with E-state index in [2.05, 4.69) is 20.8 Å². The lowest BCUT2D eigenvalue weighted by Gasteiger charge is -2.61. The van der Waals surface area contributed by atoms with Crippen LogP contribution in [-0.4, -0.2) is 5.43 Å². The van der Waals surface area contributed by atoms with Gasteiger partial charge in [-0.3, -0.25) is 0 Å². The van der Waals surface area contributed by atoms with Crippen molar-refractivity contribution in [3.05, 3.63) is 11.8 Å². The molecule has 4 aliphatic rings. The fraction of sp³-hybridized carbons (Fsp3) is 0.893. The number of fused-ring (bicyclic) bond motifs is 5. The summed E-state index contributed by atoms with van der Waals surface area (Å²) in [4.78, 5) is 10.8. The molecule has 0 aliphatic heterocycles. The van der Waals surface area contributed by atoms with Crippen molar-refractivity contribution in [3.8, 4) is 0 Å². The standard InChI is InChI=1S/C28H45ClO2/c1-19(18-31-26(29)30)8-7-9-20(2)23-13-14-24-22-12-11-21-10-5-6-16-27(21,3)25(22)15-17-28(23,24)4/h18,20-25H,5-17H2,1-4H3/t20-,21?,22+,23-,24+,25+,27+,28-/m1/s1. The lowest BCUT2D eigenvalue weighted by atomic mass is 9.44. The Morgan fingerprint density at radius 2 is 1.81 bits per heavy atom. The average Bonchev–Trinajstić information content (AvgIpc) is 3.09. The van der Waals surface area contributed by atoms with Gasteiger partial charge < -0.3 is 4.74 Å². The number of halogens is 1. The van der Waals surface area contributed by atoms with Gasteiger partial charge in [0.25, 0.3) is 0 Å². The van der Waals surface area contributed by atoms with Gasteiger partial charge in [-0.05, 0) is 123 Å². The quantitative estimate of drug-likeness (QED) is 0.299. The predicted molar refractivity (Wildman–Crippen MR) is 129 cm³/mol. The van der Waals surface area contributed by atoms with Crippen molar-refractivity contribution >= 4 is 17.0 Å². The van der Waals surface area contributed by atoms with E-state index in [0.717, 1.165) is 47.5 Å². The van der Waals surface area contributed by atoms with E-state index in [9.17, 15) is 4.79 Å². The number of hydrogen-bond acceptors (Lipinski definition) is 2. The molecule has 4 fully saturated rings. The summed E-state index contributed by atoms with van der Waals surface area (Å²) in [5, 5.41) is 0. The minimum Gasteiger partial charge on any atom is -0.423 e. The van der Waals surface area contributed by atoms with E-state index < -0.39 is 5.43 Å². The zero-order chi connectivity index (χ0) is 22.2. The van der Waals surface area contributed by atoms with Crippen LogP contribution in [0.5, 0.6) is 0 Å². The van der Waals surface area contributed by atoms with Crippen molar-refractivity contribution in [1.29, 1.82) is 0 Å². The number of ether oxygens (including phenoxy) is 1. The molecule has 4 rings (SSSR count). The Balaban J connectivity index is 1.37. The summed E-state index contributed by atoms with van der Waals surface area (Å²) in [7, 11) is 0. The zero-order valence-electron chi connectivity index (χ0n) is 20.4. The van der Waals surface area contributed by atoms with Gasteiger partial charge in [-0.25, -0.2) is 4.79 Å². The maximum absolute atomic E-state index is 10.8. The van der Waals surface area contributed by atoms with Gasteiger partial charge in [-0.2, -0.15) is 0 Å². The lowest BCUT2D eigenvalue weighted by molar-refractivity contribution is -0.114. The first kappa shape index (κ1) is 23.7. The van der Waals surface area contributed by atoms with Crippen LogP contribution < -0.4 is 0 Å². The SMILES string of the molecule is CC(=COC(=O)Cl)CCC[C@@H](C)[C@H]1CC[C@H]2[C@@H]3CCC4CCCC[C@]4(C)[C@H]3CC[C@]12C. The summed E-state index contributed by atoms with van der Waals surface area (Å²) >= 11 is 5.26. The fourth-order valence-electron chi connectivity index (χ4n) is 9.38. The fourth-order valence-corrected chi connectivity index (χ4v) is 9.42. The number of allylic oxidation sites excluding steroid dienone is 1. The molecule has 0 heterocycles. The van der Waals surface area contributed by atoms with Crippen molar-refractivity contribution in [2.24, 2.45) is 46.3 Å². The Morgan fingerprint density at radius 3 is 2.58 bits per heavy atom. The summed E-state index contributed by atoms with van der Waals surface area (Å²) in [6.45, 7) is 9.92. The highest BCUT2D eigenvalue weighted by Crippen LogP contribution is 2.68. The van der Waals surface area contributed by atoms with Gasteiger partial charge in [0.05, 0.1) is 6.26 Å². The van der Waals surface area contributed by atoms with E-state index in [1.54, 1.807) is 0 Å². The van der Waals surface area contributed by atoms with Gasteiger partial charge in [0.2, 0.25) is 0 Å². The molecule has 176 valence electrons. The van der Waals surface area contributed by atoms with Gasteiger partial charge >= 0.3 is 5.43 Å². The molecule has 0 N–H and O–H groups in total. The average molecular weight is 449 g/mol. The molecule has 0 aromatic rings. The van der Waals surface area contributed by atoms with Gasteiger partial charge in [0.1, 0.15) is 0 Å². The maximum Gasteiger partial charge on any atom is 0.408 e. The number of carbonyl (C=O) groups is 1. The molecule has 31 heavy (non-hydrogen) atoms. The summed E-state index contributed by atoms with van der Waals surface area (Å²) in [5.74, 6) is 5.69. The van der Waals surface area contributed by atoms with Crippen molar-refractivity contribution in [3.63, 3.8) is 0 Å². The van der Waals surface area contributed by atoms with Crippen LogP contribution in [0.15, 0.2) is 11.8 Å². The topological polar surface area (TPSA) is 26.3 Å². The third-order valence-corrected chi connectivity index (χ3v) is 11.0. The Morgan fingerprint density at radius 1 is 1.03 bits per heavy atom. The van der Waals surface area contributed by atoms with Crippen molar-refractivity contribution < 1.29 is 9.53 Å². The summed E-state index contributed by atoms with van der Waals surface area (Å²) in [6.07, 6.45) is 19.9. The van der Waals surface area contributed by atoms with Crippen LogP contribution in [0.4, 0.5) is 4.79 Å². The first-order valence-corrected chi connectivity index (χ1v) is 13.7. The summed E-state index contributed by atoms with van der Waals surface area (Å²) in [6, 6.07) is 0. The number of carbonyl (C=O) groups excluding carboxylic acids is 1. The Hall–Kier alpha value is -0.500. The summed E-state index contributed by atoms with van der Waals surface area (Å²) < 4.78 is 4.81. The molecule has 3 heteroatoms. The minimum absolute atomic E-state index is 0.567. The van der Waals surface area contributed by atoms with Crippen LogP contribution in [-0.2, 0) is 4.74 Å². The molecule has 4 saturated carbocycles. The molecule has 0 spiro atoms. The number of rotatable bonds is 6. The van der Waals surface area contributed by atoms with Crippen LogP contribution in [0, 0.1) is 46.3 Å². The molecule has 1 unspecified atom stereocenters. The molecular formula is C28H45ClO2. The molecule has 0 amide bonds. The first-order valence-electron chi connectivity index (χ1n) is 13.3. The van der Waals surface area contributed by atoms with Crippen molar-refractivity contribution in [1.82, 2.24) is 0 Å². The highest BCUT2D eigenvalue weighted by Gasteiger charge is 2.59. The van der Waals surface area contributed by atoms with Gasteiger partial charge in [-0.15, -0.1) is 0 Å². The molecule has 0 aromatic heterocycles. The van der Waals surface area contributed by atoms with Gasteiger partial charge in [-0.1, -0.05) is 40.0 Å². The monoisotopic (exact) mass is 448 g/mol. The second-order valence-electron chi connectivity index (χ2n) is 12.3. The van der Waals surface area contributed by atoms with Crippen LogP contribution in [0.3, 0.4) is 0 Å². The third-order valence-electron chi connectivity index (χ3n) is 10.9. The van der Waals surface area contributed by atoms with Crippen LogP contribution >= 0.6 is 11.6 Å². The van der Waals surface area contributed by atoms with E-state index in [0.29, 0.717) is 10.8 Å². The zero-order valence-corrected chi connectivity index (χ0v) is 21.2. The normalized spacial score (nSPS) is 43.5. The Bertz CT molecular complexity index is 686. The third kappa shape index (κ3) is 4.49. The van der Waals surface area contributed by atoms with E-state index in [1.807, 2.05) is 6.92 Å². The number of hydrogen-bond donors (Lipinski definition) is 0. The highest BCUT2D eigenvalue weighted by atomic mass is 35.5. The minimum atomic E-state index is -0.746. The highest BCUT2D eigenvalue weighted by molar-refractivity contribution is 6.61. The molecule has 8 atom stereocenters. The lowest BCUT2D eigenvalue weighted by Crippen LogP contribution is -2.53. The second-order valence-corrected chi connectivity index (χ2v) is 12.6. The van der Waals surface area contributed by atoms with E-state index in [4.69, 9.17) is 16.3 Å². The van der Waals surface area contributed by atoms with Crippen LogP contribution in [0.2, 0.25) is 0 Å². The second kappa shape index (κ2) is 9.40. The first-order chi connectivity index (χ1) is 14.8. The van der Waals surface area contributed by atoms with Crippen LogP contribution in [0.25, 0.3) is 0 Å². The Kier molecular flexibility index (Phi) is 7.17. The molecule has 0 bridgehead atoms. The van der Waals surface area contributed by atoms with Gasteiger partial charge in [0, 0.05) is 11.6 Å².